The molecular formula is C52H36N8. The maximum Gasteiger partial charge on any atom is 0.140 e. The number of nitrogens with zero attached hydrogens (tertiary/aromatic N) is 8. The summed E-state index contributed by atoms with van der Waals surface area (Å²) in [5, 5.41) is 0. The highest BCUT2D eigenvalue weighted by atomic mass is 15.2. The van der Waals surface area contributed by atoms with Crippen LogP contribution in [0.1, 0.15) is 0 Å². The SMILES string of the molecule is c1ccc(-c2ccc(N(c3ccc(-c4nc5ccccc5nc4-c4ccc(N(c5ccc(-c6ccccc6)cc5)c5ccncn5)cc4)cc3)c3ccncn3)cc2)cc1. The minimum absolute atomic E-state index is 0.764. The van der Waals surface area contributed by atoms with Crippen molar-refractivity contribution in [2.75, 3.05) is 9.80 Å². The van der Waals surface area contributed by atoms with Crippen molar-refractivity contribution < 1.29 is 0 Å². The van der Waals surface area contributed by atoms with Gasteiger partial charge in [-0.3, -0.25) is 9.80 Å². The van der Waals surface area contributed by atoms with E-state index in [9.17, 15) is 0 Å². The highest BCUT2D eigenvalue weighted by Gasteiger charge is 2.19. The molecule has 0 bridgehead atoms. The number of para-hydroxylation sites is 2. The second-order valence-electron chi connectivity index (χ2n) is 14.1. The Morgan fingerprint density at radius 2 is 0.600 bits per heavy atom. The zero-order valence-electron chi connectivity index (χ0n) is 32.4. The van der Waals surface area contributed by atoms with Crippen molar-refractivity contribution in [3.05, 3.63) is 219 Å². The minimum Gasteiger partial charge on any atom is -0.295 e. The topological polar surface area (TPSA) is 83.8 Å². The van der Waals surface area contributed by atoms with Crippen LogP contribution in [0.5, 0.6) is 0 Å². The Morgan fingerprint density at radius 1 is 0.283 bits per heavy atom. The molecule has 0 amide bonds. The fourth-order valence-corrected chi connectivity index (χ4v) is 7.47. The molecule has 10 rings (SSSR count). The van der Waals surface area contributed by atoms with Crippen LogP contribution in [0.15, 0.2) is 219 Å². The first-order valence-corrected chi connectivity index (χ1v) is 19.7. The number of rotatable bonds is 10. The molecule has 0 unspecified atom stereocenters. The van der Waals surface area contributed by atoms with Crippen LogP contribution in [0.3, 0.4) is 0 Å². The Labute approximate surface area is 347 Å². The van der Waals surface area contributed by atoms with Gasteiger partial charge >= 0.3 is 0 Å². The first-order chi connectivity index (χ1) is 29.7. The molecule has 0 aliphatic heterocycles. The monoisotopic (exact) mass is 772 g/mol. The van der Waals surface area contributed by atoms with Gasteiger partial charge in [-0.2, -0.15) is 0 Å². The molecule has 3 aromatic heterocycles. The number of fused-ring (bicyclic) bond motifs is 1. The summed E-state index contributed by atoms with van der Waals surface area (Å²) < 4.78 is 0. The number of hydrogen-bond donors (Lipinski definition) is 0. The summed E-state index contributed by atoms with van der Waals surface area (Å²) in [5.41, 5.74) is 13.6. The van der Waals surface area contributed by atoms with E-state index in [1.165, 1.54) is 11.1 Å². The molecule has 10 aromatic rings. The van der Waals surface area contributed by atoms with Crippen molar-refractivity contribution in [1.82, 2.24) is 29.9 Å². The van der Waals surface area contributed by atoms with E-state index in [-0.39, 0.29) is 0 Å². The lowest BCUT2D eigenvalue weighted by Gasteiger charge is -2.25. The molecule has 0 saturated carbocycles. The molecule has 8 heteroatoms. The summed E-state index contributed by atoms with van der Waals surface area (Å²) in [6, 6.07) is 66.5. The van der Waals surface area contributed by atoms with Crippen molar-refractivity contribution in [1.29, 1.82) is 0 Å². The van der Waals surface area contributed by atoms with Crippen LogP contribution in [-0.4, -0.2) is 29.9 Å². The van der Waals surface area contributed by atoms with Gasteiger partial charge in [0.2, 0.25) is 0 Å². The van der Waals surface area contributed by atoms with Crippen LogP contribution in [0.2, 0.25) is 0 Å². The van der Waals surface area contributed by atoms with Gasteiger partial charge in [0.05, 0.1) is 22.4 Å². The van der Waals surface area contributed by atoms with Gasteiger partial charge in [0, 0.05) is 46.3 Å². The Balaban J connectivity index is 1.01. The van der Waals surface area contributed by atoms with Crippen LogP contribution in [-0.2, 0) is 0 Å². The molecule has 0 N–H and O–H groups in total. The molecule has 3 heterocycles. The average molecular weight is 773 g/mol. The van der Waals surface area contributed by atoms with E-state index in [2.05, 4.69) is 175 Å². The van der Waals surface area contributed by atoms with Crippen molar-refractivity contribution in [2.24, 2.45) is 0 Å². The van der Waals surface area contributed by atoms with Crippen LogP contribution < -0.4 is 9.80 Å². The first-order valence-electron chi connectivity index (χ1n) is 19.7. The molecular weight excluding hydrogens is 737 g/mol. The fraction of sp³-hybridized carbons (Fsp3) is 0. The summed E-state index contributed by atoms with van der Waals surface area (Å²) in [6.07, 6.45) is 6.68. The first kappa shape index (κ1) is 36.0. The minimum atomic E-state index is 0.764. The van der Waals surface area contributed by atoms with Crippen molar-refractivity contribution in [3.63, 3.8) is 0 Å². The molecule has 0 radical (unpaired) electrons. The number of benzene rings is 7. The third-order valence-corrected chi connectivity index (χ3v) is 10.4. The van der Waals surface area contributed by atoms with Crippen LogP contribution in [0, 0.1) is 0 Å². The van der Waals surface area contributed by atoms with Gasteiger partial charge in [0.15, 0.2) is 0 Å². The summed E-state index contributed by atoms with van der Waals surface area (Å²) in [5.74, 6) is 1.53. The molecule has 0 spiro atoms. The van der Waals surface area contributed by atoms with E-state index >= 15 is 0 Å². The molecule has 284 valence electrons. The molecule has 0 aliphatic rings. The van der Waals surface area contributed by atoms with E-state index in [1.54, 1.807) is 25.0 Å². The van der Waals surface area contributed by atoms with Gasteiger partial charge in [-0.05, 0) is 95.1 Å². The number of hydrogen-bond acceptors (Lipinski definition) is 8. The molecule has 0 atom stereocenters. The standard InChI is InChI=1S/C52H36N8/c1-3-9-37(10-4-1)39-15-23-43(24-16-39)59(49-31-33-53-35-55-49)45-27-19-41(20-28-45)51-52(58-48-14-8-7-13-47(48)57-51)42-21-29-46(30-22-42)60(50-32-34-54-36-56-50)44-25-17-40(18-26-44)38-11-5-2-6-12-38/h1-36H. The third kappa shape index (κ3) is 7.32. The zero-order chi connectivity index (χ0) is 40.1. The molecule has 0 aliphatic carbocycles. The normalized spacial score (nSPS) is 11.0. The summed E-state index contributed by atoms with van der Waals surface area (Å²) in [6.45, 7) is 0. The second kappa shape index (κ2) is 16.2. The summed E-state index contributed by atoms with van der Waals surface area (Å²) in [4.78, 5) is 32.3. The Hall–Kier alpha value is -8.36. The Kier molecular flexibility index (Phi) is 9.75. The summed E-state index contributed by atoms with van der Waals surface area (Å²) >= 11 is 0. The lowest BCUT2D eigenvalue weighted by molar-refractivity contribution is 1.11. The summed E-state index contributed by atoms with van der Waals surface area (Å²) in [7, 11) is 0. The smallest absolute Gasteiger partial charge is 0.140 e. The average Bonchev–Trinajstić information content (AvgIpc) is 3.33. The molecule has 60 heavy (non-hydrogen) atoms. The van der Waals surface area contributed by atoms with Gasteiger partial charge in [0.25, 0.3) is 0 Å². The van der Waals surface area contributed by atoms with Crippen LogP contribution >= 0.6 is 0 Å². The lowest BCUT2D eigenvalue weighted by atomic mass is 10.0. The van der Waals surface area contributed by atoms with Crippen LogP contribution in [0.25, 0.3) is 55.8 Å². The highest BCUT2D eigenvalue weighted by Crippen LogP contribution is 2.39. The Morgan fingerprint density at radius 3 is 0.933 bits per heavy atom. The van der Waals surface area contributed by atoms with Crippen LogP contribution in [0.4, 0.5) is 34.4 Å². The molecule has 7 aromatic carbocycles. The van der Waals surface area contributed by atoms with Gasteiger partial charge < -0.3 is 0 Å². The van der Waals surface area contributed by atoms with Gasteiger partial charge in [0.1, 0.15) is 24.3 Å². The van der Waals surface area contributed by atoms with Crippen molar-refractivity contribution in [2.45, 2.75) is 0 Å². The molecule has 0 saturated heterocycles. The van der Waals surface area contributed by atoms with Crippen molar-refractivity contribution in [3.8, 4) is 44.8 Å². The van der Waals surface area contributed by atoms with E-state index < -0.39 is 0 Å². The molecule has 8 nitrogen and oxygen atoms in total. The predicted molar refractivity (Wildman–Crippen MR) is 242 cm³/mol. The lowest BCUT2D eigenvalue weighted by Crippen LogP contribution is -2.11. The predicted octanol–water partition coefficient (Wildman–Crippen LogP) is 12.8. The molecule has 0 fully saturated rings. The maximum absolute atomic E-state index is 5.21. The zero-order valence-corrected chi connectivity index (χ0v) is 32.4. The van der Waals surface area contributed by atoms with E-state index in [0.29, 0.717) is 0 Å². The van der Waals surface area contributed by atoms with Gasteiger partial charge in [-0.15, -0.1) is 0 Å². The maximum atomic E-state index is 5.21. The van der Waals surface area contributed by atoms with Gasteiger partial charge in [-0.25, -0.2) is 29.9 Å². The third-order valence-electron chi connectivity index (χ3n) is 10.4. The quantitative estimate of drug-likeness (QED) is 0.136. The van der Waals surface area contributed by atoms with Gasteiger partial charge in [-0.1, -0.05) is 121 Å². The number of aromatic nitrogens is 6. The van der Waals surface area contributed by atoms with E-state index in [4.69, 9.17) is 9.97 Å². The van der Waals surface area contributed by atoms with E-state index in [0.717, 1.165) is 79.1 Å². The number of anilines is 6. The Bertz CT molecular complexity index is 2780. The largest absolute Gasteiger partial charge is 0.295 e. The second-order valence-corrected chi connectivity index (χ2v) is 14.1. The van der Waals surface area contributed by atoms with E-state index in [1.807, 2.05) is 48.5 Å². The fourth-order valence-electron chi connectivity index (χ4n) is 7.47. The highest BCUT2D eigenvalue weighted by molar-refractivity contribution is 5.88. The van der Waals surface area contributed by atoms with Crippen molar-refractivity contribution >= 4 is 45.4 Å².